The Hall–Kier alpha value is -2.74. The normalized spacial score (nSPS) is 10.9. The minimum absolute atomic E-state index is 0.0171. The minimum Gasteiger partial charge on any atom is -0.484 e. The molecular formula is C17H14ClF3N2O3. The number of amides is 2. The third-order valence-corrected chi connectivity index (χ3v) is 3.37. The third-order valence-electron chi connectivity index (χ3n) is 3.12. The molecule has 2 amide bonds. The second-order valence-corrected chi connectivity index (χ2v) is 5.61. The van der Waals surface area contributed by atoms with E-state index >= 15 is 0 Å². The molecule has 0 bridgehead atoms. The highest BCUT2D eigenvalue weighted by Gasteiger charge is 2.38. The SMILES string of the molecule is O=C(COc1ccc(Cl)cc1)NCc1cccc(NC(=O)C(F)(F)F)c1. The van der Waals surface area contributed by atoms with Gasteiger partial charge < -0.3 is 15.4 Å². The largest absolute Gasteiger partial charge is 0.484 e. The van der Waals surface area contributed by atoms with Gasteiger partial charge in [0.2, 0.25) is 0 Å². The second-order valence-electron chi connectivity index (χ2n) is 5.17. The zero-order chi connectivity index (χ0) is 19.2. The summed E-state index contributed by atoms with van der Waals surface area (Å²) in [6.07, 6.45) is -4.97. The van der Waals surface area contributed by atoms with E-state index in [0.717, 1.165) is 0 Å². The van der Waals surface area contributed by atoms with E-state index < -0.39 is 18.0 Å². The number of nitrogens with one attached hydrogen (secondary N) is 2. The van der Waals surface area contributed by atoms with Crippen LogP contribution in [0.2, 0.25) is 5.02 Å². The van der Waals surface area contributed by atoms with Crippen molar-refractivity contribution >= 4 is 29.1 Å². The highest BCUT2D eigenvalue weighted by molar-refractivity contribution is 6.30. The smallest absolute Gasteiger partial charge is 0.471 e. The van der Waals surface area contributed by atoms with Gasteiger partial charge in [-0.2, -0.15) is 13.2 Å². The number of hydrogen-bond acceptors (Lipinski definition) is 3. The number of anilines is 1. The van der Waals surface area contributed by atoms with E-state index in [1.54, 1.807) is 35.6 Å². The van der Waals surface area contributed by atoms with E-state index in [2.05, 4.69) is 5.32 Å². The first kappa shape index (κ1) is 19.6. The molecule has 0 radical (unpaired) electrons. The summed E-state index contributed by atoms with van der Waals surface area (Å²) < 4.78 is 42.0. The Kier molecular flexibility index (Phi) is 6.46. The molecule has 2 aromatic carbocycles. The van der Waals surface area contributed by atoms with Crippen molar-refractivity contribution in [3.05, 3.63) is 59.1 Å². The van der Waals surface area contributed by atoms with Gasteiger partial charge in [0.05, 0.1) is 0 Å². The van der Waals surface area contributed by atoms with Gasteiger partial charge in [0, 0.05) is 17.3 Å². The number of carbonyl (C=O) groups is 2. The fourth-order valence-corrected chi connectivity index (χ4v) is 2.02. The van der Waals surface area contributed by atoms with Gasteiger partial charge in [0.1, 0.15) is 5.75 Å². The highest BCUT2D eigenvalue weighted by Crippen LogP contribution is 2.19. The molecule has 138 valence electrons. The summed E-state index contributed by atoms with van der Waals surface area (Å²) in [5, 5.41) is 4.86. The van der Waals surface area contributed by atoms with Crippen LogP contribution in [0.4, 0.5) is 18.9 Å². The van der Waals surface area contributed by atoms with E-state index in [9.17, 15) is 22.8 Å². The highest BCUT2D eigenvalue weighted by atomic mass is 35.5. The van der Waals surface area contributed by atoms with E-state index in [1.165, 1.54) is 18.2 Å². The lowest BCUT2D eigenvalue weighted by atomic mass is 10.2. The van der Waals surface area contributed by atoms with E-state index in [4.69, 9.17) is 16.3 Å². The molecule has 0 heterocycles. The average molecular weight is 387 g/mol. The van der Waals surface area contributed by atoms with Crippen molar-refractivity contribution in [1.82, 2.24) is 5.32 Å². The summed E-state index contributed by atoms with van der Waals surface area (Å²) in [5.74, 6) is -2.00. The topological polar surface area (TPSA) is 67.4 Å². The van der Waals surface area contributed by atoms with Crippen LogP contribution < -0.4 is 15.4 Å². The number of hydrogen-bond donors (Lipinski definition) is 2. The molecule has 2 aromatic rings. The standard InChI is InChI=1S/C17H14ClF3N2O3/c18-12-4-6-14(7-5-12)26-10-15(24)22-9-11-2-1-3-13(8-11)23-16(25)17(19,20)21/h1-8H,9-10H2,(H,22,24)(H,23,25). The van der Waals surface area contributed by atoms with Crippen LogP contribution in [0.25, 0.3) is 0 Å². The predicted molar refractivity (Wildman–Crippen MR) is 89.9 cm³/mol. The molecule has 0 aliphatic carbocycles. The quantitative estimate of drug-likeness (QED) is 0.798. The molecule has 0 unspecified atom stereocenters. The molecule has 0 aliphatic rings. The van der Waals surface area contributed by atoms with Crippen molar-refractivity contribution in [1.29, 1.82) is 0 Å². The first-order valence-corrected chi connectivity index (χ1v) is 7.74. The summed E-state index contributed by atoms with van der Waals surface area (Å²) in [5.41, 5.74) is 0.501. The Morgan fingerprint density at radius 2 is 1.77 bits per heavy atom. The van der Waals surface area contributed by atoms with Gasteiger partial charge in [-0.25, -0.2) is 0 Å². The lowest BCUT2D eigenvalue weighted by molar-refractivity contribution is -0.167. The number of benzene rings is 2. The van der Waals surface area contributed by atoms with Crippen molar-refractivity contribution < 1.29 is 27.5 Å². The van der Waals surface area contributed by atoms with Crippen LogP contribution in [0, 0.1) is 0 Å². The molecule has 0 saturated carbocycles. The van der Waals surface area contributed by atoms with Crippen LogP contribution in [0.5, 0.6) is 5.75 Å². The van der Waals surface area contributed by atoms with Crippen LogP contribution in [0.15, 0.2) is 48.5 Å². The molecule has 2 N–H and O–H groups in total. The van der Waals surface area contributed by atoms with Crippen LogP contribution >= 0.6 is 11.6 Å². The zero-order valence-electron chi connectivity index (χ0n) is 13.3. The molecule has 26 heavy (non-hydrogen) atoms. The van der Waals surface area contributed by atoms with E-state index in [1.807, 2.05) is 0 Å². The van der Waals surface area contributed by atoms with Gasteiger partial charge in [-0.15, -0.1) is 0 Å². The number of halogens is 4. The Morgan fingerprint density at radius 1 is 1.08 bits per heavy atom. The molecule has 0 atom stereocenters. The van der Waals surface area contributed by atoms with Crippen LogP contribution in [-0.4, -0.2) is 24.6 Å². The molecule has 0 aliphatic heterocycles. The van der Waals surface area contributed by atoms with Gasteiger partial charge in [0.25, 0.3) is 5.91 Å². The molecule has 0 aromatic heterocycles. The van der Waals surface area contributed by atoms with Gasteiger partial charge in [-0.1, -0.05) is 23.7 Å². The molecule has 0 fully saturated rings. The monoisotopic (exact) mass is 386 g/mol. The number of rotatable bonds is 6. The lowest BCUT2D eigenvalue weighted by Gasteiger charge is -2.10. The lowest BCUT2D eigenvalue weighted by Crippen LogP contribution is -2.30. The molecule has 0 saturated heterocycles. The maximum atomic E-state index is 12.2. The van der Waals surface area contributed by atoms with Gasteiger partial charge in [0.15, 0.2) is 6.61 Å². The van der Waals surface area contributed by atoms with Crippen molar-refractivity contribution in [2.75, 3.05) is 11.9 Å². The molecule has 0 spiro atoms. The summed E-state index contributed by atoms with van der Waals surface area (Å²) in [4.78, 5) is 22.7. The number of carbonyl (C=O) groups excluding carboxylic acids is 2. The molecular weight excluding hydrogens is 373 g/mol. The van der Waals surface area contributed by atoms with Crippen LogP contribution in [-0.2, 0) is 16.1 Å². The van der Waals surface area contributed by atoms with Gasteiger partial charge in [-0.05, 0) is 42.0 Å². The van der Waals surface area contributed by atoms with Crippen molar-refractivity contribution in [2.45, 2.75) is 12.7 Å². The minimum atomic E-state index is -4.97. The van der Waals surface area contributed by atoms with Crippen LogP contribution in [0.1, 0.15) is 5.56 Å². The number of alkyl halides is 3. The molecule has 2 rings (SSSR count). The summed E-state index contributed by atoms with van der Waals surface area (Å²) in [7, 11) is 0. The molecule has 5 nitrogen and oxygen atoms in total. The van der Waals surface area contributed by atoms with Crippen LogP contribution in [0.3, 0.4) is 0 Å². The summed E-state index contributed by atoms with van der Waals surface area (Å²) in [6.45, 7) is -0.162. The van der Waals surface area contributed by atoms with Crippen molar-refractivity contribution in [3.63, 3.8) is 0 Å². The van der Waals surface area contributed by atoms with Crippen molar-refractivity contribution in [2.24, 2.45) is 0 Å². The Bertz CT molecular complexity index is 780. The maximum Gasteiger partial charge on any atom is 0.471 e. The fourth-order valence-electron chi connectivity index (χ4n) is 1.89. The number of ether oxygens (including phenoxy) is 1. The van der Waals surface area contributed by atoms with E-state index in [0.29, 0.717) is 16.3 Å². The average Bonchev–Trinajstić information content (AvgIpc) is 2.59. The van der Waals surface area contributed by atoms with Gasteiger partial charge in [-0.3, -0.25) is 9.59 Å². The Morgan fingerprint density at radius 3 is 2.42 bits per heavy atom. The zero-order valence-corrected chi connectivity index (χ0v) is 14.0. The van der Waals surface area contributed by atoms with Crippen molar-refractivity contribution in [3.8, 4) is 5.75 Å². The van der Waals surface area contributed by atoms with E-state index in [-0.39, 0.29) is 18.8 Å². The predicted octanol–water partition coefficient (Wildman–Crippen LogP) is 3.54. The fraction of sp³-hybridized carbons (Fsp3) is 0.176. The summed E-state index contributed by atoms with van der Waals surface area (Å²) in [6, 6.07) is 12.2. The maximum absolute atomic E-state index is 12.2. The summed E-state index contributed by atoms with van der Waals surface area (Å²) >= 11 is 5.74. The Balaban J connectivity index is 1.83. The second kappa shape index (κ2) is 8.57. The first-order valence-electron chi connectivity index (χ1n) is 7.36. The molecule has 9 heteroatoms. The third kappa shape index (κ3) is 6.29. The Labute approximate surface area is 152 Å². The first-order chi connectivity index (χ1) is 12.2. The van der Waals surface area contributed by atoms with Gasteiger partial charge >= 0.3 is 12.1 Å².